The minimum atomic E-state index is 0.0394. The van der Waals surface area contributed by atoms with Gasteiger partial charge in [-0.25, -0.2) is 4.98 Å². The number of ether oxygens (including phenoxy) is 1. The molecule has 2 rings (SSSR count). The second kappa shape index (κ2) is 4.29. The molecule has 15 heavy (non-hydrogen) atoms. The van der Waals surface area contributed by atoms with Gasteiger partial charge in [0.15, 0.2) is 6.61 Å². The second-order valence-corrected chi connectivity index (χ2v) is 2.88. The number of hydrogen-bond acceptors (Lipinski definition) is 3. The lowest BCUT2D eigenvalue weighted by molar-refractivity contribution is 0.369. The maximum absolute atomic E-state index is 8.45. The monoisotopic (exact) mass is 199 g/mol. The van der Waals surface area contributed by atoms with Gasteiger partial charge >= 0.3 is 0 Å². The Morgan fingerprint density at radius 1 is 1.40 bits per heavy atom. The lowest BCUT2D eigenvalue weighted by atomic mass is 10.2. The summed E-state index contributed by atoms with van der Waals surface area (Å²) < 4.78 is 5.29. The zero-order chi connectivity index (χ0) is 10.5. The molecule has 0 unspecified atom stereocenters. The van der Waals surface area contributed by atoms with Crippen LogP contribution in [0.2, 0.25) is 0 Å². The Bertz CT molecular complexity index is 471. The number of imidazole rings is 1. The van der Waals surface area contributed by atoms with Crippen molar-refractivity contribution in [1.29, 1.82) is 5.26 Å². The fraction of sp³-hybridized carbons (Fsp3) is 0.0909. The fourth-order valence-corrected chi connectivity index (χ4v) is 1.31. The Morgan fingerprint density at radius 2 is 2.27 bits per heavy atom. The molecule has 4 heteroatoms. The van der Waals surface area contributed by atoms with Gasteiger partial charge in [-0.05, 0) is 12.1 Å². The van der Waals surface area contributed by atoms with Gasteiger partial charge in [0.1, 0.15) is 17.6 Å². The third-order valence-electron chi connectivity index (χ3n) is 1.93. The van der Waals surface area contributed by atoms with Gasteiger partial charge in [-0.3, -0.25) is 0 Å². The molecule has 2 aromatic rings. The first-order chi connectivity index (χ1) is 7.42. The summed E-state index contributed by atoms with van der Waals surface area (Å²) in [7, 11) is 0. The molecule has 0 aliphatic carbocycles. The van der Waals surface area contributed by atoms with Crippen molar-refractivity contribution in [1.82, 2.24) is 9.97 Å². The van der Waals surface area contributed by atoms with Gasteiger partial charge < -0.3 is 9.72 Å². The fourth-order valence-electron chi connectivity index (χ4n) is 1.31. The number of para-hydroxylation sites is 1. The Morgan fingerprint density at radius 3 is 3.00 bits per heavy atom. The summed E-state index contributed by atoms with van der Waals surface area (Å²) in [4.78, 5) is 7.13. The van der Waals surface area contributed by atoms with Gasteiger partial charge in [0.05, 0.1) is 5.56 Å². The van der Waals surface area contributed by atoms with E-state index >= 15 is 0 Å². The van der Waals surface area contributed by atoms with Crippen molar-refractivity contribution in [2.45, 2.75) is 0 Å². The summed E-state index contributed by atoms with van der Waals surface area (Å²) in [6, 6.07) is 9.41. The SMILES string of the molecule is N#CCOc1ccccc1-c1ncc[nH]1. The van der Waals surface area contributed by atoms with Gasteiger partial charge in [-0.1, -0.05) is 12.1 Å². The standard InChI is InChI=1S/C11H9N3O/c12-5-8-15-10-4-2-1-3-9(10)11-13-6-7-14-11/h1-4,6-7H,8H2,(H,13,14). The molecule has 4 nitrogen and oxygen atoms in total. The minimum Gasteiger partial charge on any atom is -0.478 e. The van der Waals surface area contributed by atoms with Crippen molar-refractivity contribution in [2.24, 2.45) is 0 Å². The zero-order valence-electron chi connectivity index (χ0n) is 7.97. The molecule has 74 valence electrons. The Labute approximate surface area is 87.2 Å². The molecule has 0 radical (unpaired) electrons. The maximum atomic E-state index is 8.45. The number of nitriles is 1. The van der Waals surface area contributed by atoms with Crippen molar-refractivity contribution in [3.63, 3.8) is 0 Å². The van der Waals surface area contributed by atoms with Crippen LogP contribution in [0.5, 0.6) is 5.75 Å². The summed E-state index contributed by atoms with van der Waals surface area (Å²) in [6.45, 7) is 0.0394. The lowest BCUT2D eigenvalue weighted by Gasteiger charge is -2.06. The van der Waals surface area contributed by atoms with E-state index in [1.165, 1.54) is 0 Å². The van der Waals surface area contributed by atoms with Crippen molar-refractivity contribution in [3.05, 3.63) is 36.7 Å². The van der Waals surface area contributed by atoms with Crippen LogP contribution in [0.3, 0.4) is 0 Å². The molecule has 0 bridgehead atoms. The highest BCUT2D eigenvalue weighted by Gasteiger charge is 2.06. The molecule has 0 aliphatic rings. The molecule has 1 heterocycles. The number of H-pyrrole nitrogens is 1. The van der Waals surface area contributed by atoms with E-state index in [4.69, 9.17) is 10.00 Å². The van der Waals surface area contributed by atoms with E-state index in [1.54, 1.807) is 12.4 Å². The minimum absolute atomic E-state index is 0.0394. The molecule has 0 saturated carbocycles. The molecule has 1 N–H and O–H groups in total. The number of aromatic amines is 1. The van der Waals surface area contributed by atoms with Crippen LogP contribution in [0.1, 0.15) is 0 Å². The predicted molar refractivity (Wildman–Crippen MR) is 55.1 cm³/mol. The average Bonchev–Trinajstić information content (AvgIpc) is 2.80. The summed E-state index contributed by atoms with van der Waals surface area (Å²) in [6.07, 6.45) is 3.42. The normalized spacial score (nSPS) is 9.53. The van der Waals surface area contributed by atoms with Gasteiger partial charge in [0.2, 0.25) is 0 Å². The highest BCUT2D eigenvalue weighted by atomic mass is 16.5. The van der Waals surface area contributed by atoms with Crippen LogP contribution in [-0.4, -0.2) is 16.6 Å². The Hall–Kier alpha value is -2.28. The van der Waals surface area contributed by atoms with E-state index in [0.717, 1.165) is 11.4 Å². The van der Waals surface area contributed by atoms with Gasteiger partial charge in [0.25, 0.3) is 0 Å². The molecular formula is C11H9N3O. The van der Waals surface area contributed by atoms with Crippen molar-refractivity contribution in [2.75, 3.05) is 6.61 Å². The summed E-state index contributed by atoms with van der Waals surface area (Å²) in [5.74, 6) is 1.40. The first kappa shape index (κ1) is 9.28. The van der Waals surface area contributed by atoms with Crippen LogP contribution in [0.25, 0.3) is 11.4 Å². The van der Waals surface area contributed by atoms with E-state index in [0.29, 0.717) is 5.75 Å². The molecule has 0 fully saturated rings. The van der Waals surface area contributed by atoms with Crippen molar-refractivity contribution in [3.8, 4) is 23.2 Å². The van der Waals surface area contributed by atoms with Gasteiger partial charge in [-0.2, -0.15) is 5.26 Å². The van der Waals surface area contributed by atoms with E-state index in [1.807, 2.05) is 30.3 Å². The van der Waals surface area contributed by atoms with Crippen LogP contribution in [0.4, 0.5) is 0 Å². The van der Waals surface area contributed by atoms with Gasteiger partial charge in [0, 0.05) is 12.4 Å². The van der Waals surface area contributed by atoms with Crippen LogP contribution in [0.15, 0.2) is 36.7 Å². The van der Waals surface area contributed by atoms with Crippen LogP contribution < -0.4 is 4.74 Å². The highest BCUT2D eigenvalue weighted by Crippen LogP contribution is 2.26. The number of benzene rings is 1. The lowest BCUT2D eigenvalue weighted by Crippen LogP contribution is -1.95. The molecule has 1 aromatic heterocycles. The molecule has 0 atom stereocenters. The summed E-state index contributed by atoms with van der Waals surface area (Å²) >= 11 is 0. The third kappa shape index (κ3) is 1.97. The van der Waals surface area contributed by atoms with Crippen LogP contribution in [-0.2, 0) is 0 Å². The van der Waals surface area contributed by atoms with E-state index in [2.05, 4.69) is 9.97 Å². The first-order valence-corrected chi connectivity index (χ1v) is 4.50. The molecule has 1 aromatic carbocycles. The number of hydrogen-bond donors (Lipinski definition) is 1. The number of nitrogens with one attached hydrogen (secondary N) is 1. The maximum Gasteiger partial charge on any atom is 0.174 e. The zero-order valence-corrected chi connectivity index (χ0v) is 7.97. The van der Waals surface area contributed by atoms with Crippen molar-refractivity contribution >= 4 is 0 Å². The Kier molecular flexibility index (Phi) is 2.65. The number of aromatic nitrogens is 2. The van der Waals surface area contributed by atoms with E-state index < -0.39 is 0 Å². The van der Waals surface area contributed by atoms with Crippen LogP contribution >= 0.6 is 0 Å². The molecule has 0 saturated heterocycles. The van der Waals surface area contributed by atoms with E-state index in [-0.39, 0.29) is 6.61 Å². The number of nitrogens with zero attached hydrogens (tertiary/aromatic N) is 2. The molecule has 0 aliphatic heterocycles. The average molecular weight is 199 g/mol. The summed E-state index contributed by atoms with van der Waals surface area (Å²) in [5.41, 5.74) is 0.859. The smallest absolute Gasteiger partial charge is 0.174 e. The van der Waals surface area contributed by atoms with Crippen LogP contribution in [0, 0.1) is 11.3 Å². The molecule has 0 amide bonds. The van der Waals surface area contributed by atoms with E-state index in [9.17, 15) is 0 Å². The molecular weight excluding hydrogens is 190 g/mol. The molecule has 0 spiro atoms. The Balaban J connectivity index is 2.35. The second-order valence-electron chi connectivity index (χ2n) is 2.88. The highest BCUT2D eigenvalue weighted by molar-refractivity contribution is 5.63. The van der Waals surface area contributed by atoms with Gasteiger partial charge in [-0.15, -0.1) is 0 Å². The third-order valence-corrected chi connectivity index (χ3v) is 1.93. The number of rotatable bonds is 3. The topological polar surface area (TPSA) is 61.7 Å². The van der Waals surface area contributed by atoms with Crippen molar-refractivity contribution < 1.29 is 4.74 Å². The quantitative estimate of drug-likeness (QED) is 0.822. The first-order valence-electron chi connectivity index (χ1n) is 4.50. The summed E-state index contributed by atoms with van der Waals surface area (Å²) in [5, 5.41) is 8.45. The predicted octanol–water partition coefficient (Wildman–Crippen LogP) is 1.98. The largest absolute Gasteiger partial charge is 0.478 e.